The van der Waals surface area contributed by atoms with E-state index in [1.54, 1.807) is 30.5 Å². The molecule has 1 unspecified atom stereocenters. The van der Waals surface area contributed by atoms with E-state index in [2.05, 4.69) is 26.3 Å². The van der Waals surface area contributed by atoms with Crippen molar-refractivity contribution in [2.75, 3.05) is 20.2 Å². The number of imidazole rings is 1. The molecule has 0 aliphatic rings. The maximum atomic E-state index is 16.8. The van der Waals surface area contributed by atoms with Crippen molar-refractivity contribution in [2.45, 2.75) is 12.7 Å². The summed E-state index contributed by atoms with van der Waals surface area (Å²) in [5.74, 6) is -1.72. The molecule has 0 fully saturated rings. The third-order valence-corrected chi connectivity index (χ3v) is 5.02. The van der Waals surface area contributed by atoms with Crippen LogP contribution < -0.4 is 15.8 Å². The van der Waals surface area contributed by atoms with Crippen molar-refractivity contribution in [1.82, 2.24) is 20.3 Å². The van der Waals surface area contributed by atoms with E-state index in [4.69, 9.17) is 15.7 Å². The molecule has 0 aliphatic carbocycles. The third-order valence-electron chi connectivity index (χ3n) is 5.02. The molecule has 0 amide bonds. The minimum Gasteiger partial charge on any atom is -0.496 e. The van der Waals surface area contributed by atoms with Crippen LogP contribution in [0.2, 0.25) is 0 Å². The van der Waals surface area contributed by atoms with Gasteiger partial charge < -0.3 is 20.4 Å². The lowest BCUT2D eigenvalue weighted by molar-refractivity contribution is 0.155. The number of fused-ring (bicyclic) bond motifs is 2. The summed E-state index contributed by atoms with van der Waals surface area (Å²) in [5.41, 5.74) is 9.33. The second-order valence-corrected chi connectivity index (χ2v) is 6.84. The molecule has 4 rings (SSSR count). The highest BCUT2D eigenvalue weighted by atomic mass is 19.1. The van der Waals surface area contributed by atoms with E-state index in [-0.39, 0.29) is 18.9 Å². The number of methoxy groups -OCH3 is 1. The first-order valence-corrected chi connectivity index (χ1v) is 9.21. The second kappa shape index (κ2) is 7.20. The number of nitrogens with one attached hydrogen (secondary N) is 3. The number of ether oxygens (including phenoxy) is 1. The summed E-state index contributed by atoms with van der Waals surface area (Å²) in [6.07, 6.45) is 1.77. The summed E-state index contributed by atoms with van der Waals surface area (Å²) in [6, 6.07) is 10.7. The van der Waals surface area contributed by atoms with Gasteiger partial charge in [-0.05, 0) is 42.8 Å². The zero-order chi connectivity index (χ0) is 20.6. The van der Waals surface area contributed by atoms with Gasteiger partial charge in [-0.3, -0.25) is 5.32 Å². The Labute approximate surface area is 166 Å². The van der Waals surface area contributed by atoms with Crippen molar-refractivity contribution in [3.05, 3.63) is 59.0 Å². The van der Waals surface area contributed by atoms with E-state index in [0.717, 1.165) is 11.1 Å². The van der Waals surface area contributed by atoms with Crippen molar-refractivity contribution in [3.8, 4) is 11.8 Å². The lowest BCUT2D eigenvalue weighted by Gasteiger charge is -2.28. The van der Waals surface area contributed by atoms with Crippen LogP contribution in [0, 0.1) is 18.3 Å². The SMILES string of the molecule is COc1cc(C)c2[nH]ccc2c1C(F)(NCCN)c1nc2cc(C#N)ccc2[nH]1. The van der Waals surface area contributed by atoms with E-state index in [9.17, 15) is 0 Å². The van der Waals surface area contributed by atoms with Gasteiger partial charge in [-0.2, -0.15) is 5.26 Å². The smallest absolute Gasteiger partial charge is 0.249 e. The topological polar surface area (TPSA) is 116 Å². The number of nitrogens with two attached hydrogens (primary N) is 1. The average Bonchev–Trinajstić information content (AvgIpc) is 3.38. The standard InChI is InChI=1S/C21H21FN6O/c1-12-9-17(29-2)18(14-5-7-25-19(12)14)21(22,26-8-6-23)20-27-15-4-3-13(11-24)10-16(15)28-20/h3-5,7,9-10,25-26H,6,8,23H2,1-2H3,(H,27,28). The third kappa shape index (κ3) is 3.01. The van der Waals surface area contributed by atoms with Crippen molar-refractivity contribution >= 4 is 21.9 Å². The largest absolute Gasteiger partial charge is 0.496 e. The Morgan fingerprint density at radius 2 is 2.17 bits per heavy atom. The average molecular weight is 392 g/mol. The number of hydrogen-bond acceptors (Lipinski definition) is 5. The van der Waals surface area contributed by atoms with E-state index in [1.807, 2.05) is 13.0 Å². The van der Waals surface area contributed by atoms with Crippen LogP contribution in [0.1, 0.15) is 22.5 Å². The normalized spacial score (nSPS) is 13.5. The van der Waals surface area contributed by atoms with Crippen LogP contribution in [0.3, 0.4) is 0 Å². The lowest BCUT2D eigenvalue weighted by atomic mass is 9.95. The summed E-state index contributed by atoms with van der Waals surface area (Å²) < 4.78 is 22.4. The number of halogens is 1. The highest BCUT2D eigenvalue weighted by Crippen LogP contribution is 2.42. The quantitative estimate of drug-likeness (QED) is 0.377. The van der Waals surface area contributed by atoms with Gasteiger partial charge in [0.1, 0.15) is 5.75 Å². The second-order valence-electron chi connectivity index (χ2n) is 6.84. The van der Waals surface area contributed by atoms with Gasteiger partial charge in [-0.1, -0.05) is 0 Å². The number of rotatable bonds is 6. The van der Waals surface area contributed by atoms with Crippen molar-refractivity contribution in [2.24, 2.45) is 5.73 Å². The molecule has 29 heavy (non-hydrogen) atoms. The van der Waals surface area contributed by atoms with Gasteiger partial charge in [-0.25, -0.2) is 9.37 Å². The van der Waals surface area contributed by atoms with Gasteiger partial charge in [0.2, 0.25) is 5.79 Å². The maximum absolute atomic E-state index is 16.8. The Morgan fingerprint density at radius 3 is 2.90 bits per heavy atom. The van der Waals surface area contributed by atoms with Crippen LogP contribution in [0.25, 0.3) is 21.9 Å². The molecular weight excluding hydrogens is 371 g/mol. The molecule has 7 nitrogen and oxygen atoms in total. The molecule has 0 saturated heterocycles. The van der Waals surface area contributed by atoms with Gasteiger partial charge in [0.05, 0.1) is 35.3 Å². The van der Waals surface area contributed by atoms with Crippen LogP contribution >= 0.6 is 0 Å². The van der Waals surface area contributed by atoms with Gasteiger partial charge in [0, 0.05) is 30.2 Å². The minimum atomic E-state index is -2.19. The fraction of sp³-hybridized carbons (Fsp3) is 0.238. The number of aromatic amines is 2. The summed E-state index contributed by atoms with van der Waals surface area (Å²) >= 11 is 0. The predicted molar refractivity (Wildman–Crippen MR) is 109 cm³/mol. The molecule has 0 radical (unpaired) electrons. The zero-order valence-electron chi connectivity index (χ0n) is 16.1. The fourth-order valence-electron chi connectivity index (χ4n) is 3.67. The van der Waals surface area contributed by atoms with Crippen molar-refractivity contribution < 1.29 is 9.13 Å². The van der Waals surface area contributed by atoms with Gasteiger partial charge in [0.25, 0.3) is 0 Å². The minimum absolute atomic E-state index is 0.0701. The van der Waals surface area contributed by atoms with Gasteiger partial charge in [0.15, 0.2) is 5.82 Å². The maximum Gasteiger partial charge on any atom is 0.249 e. The molecule has 2 aromatic carbocycles. The molecule has 0 bridgehead atoms. The van der Waals surface area contributed by atoms with Crippen molar-refractivity contribution in [1.29, 1.82) is 5.26 Å². The number of nitrogens with zero attached hydrogens (tertiary/aromatic N) is 2. The molecule has 4 aromatic rings. The Bertz CT molecular complexity index is 1240. The predicted octanol–water partition coefficient (Wildman–Crippen LogP) is 2.95. The molecule has 5 N–H and O–H groups in total. The molecular formula is C21H21FN6O. The van der Waals surface area contributed by atoms with Crippen molar-refractivity contribution in [3.63, 3.8) is 0 Å². The fourth-order valence-corrected chi connectivity index (χ4v) is 3.67. The summed E-state index contributed by atoms with van der Waals surface area (Å²) in [7, 11) is 1.51. The van der Waals surface area contributed by atoms with Gasteiger partial charge >= 0.3 is 0 Å². The molecule has 1 atom stereocenters. The first kappa shape index (κ1) is 18.9. The van der Waals surface area contributed by atoms with E-state index in [1.165, 1.54) is 7.11 Å². The van der Waals surface area contributed by atoms with Gasteiger partial charge in [-0.15, -0.1) is 0 Å². The number of nitriles is 1. The summed E-state index contributed by atoms with van der Waals surface area (Å²) in [5, 5.41) is 12.7. The number of aromatic nitrogens is 3. The molecule has 148 valence electrons. The zero-order valence-corrected chi connectivity index (χ0v) is 16.1. The summed E-state index contributed by atoms with van der Waals surface area (Å²) in [6.45, 7) is 2.40. The van der Waals surface area contributed by atoms with E-state index < -0.39 is 5.79 Å². The first-order valence-electron chi connectivity index (χ1n) is 9.21. The number of alkyl halides is 1. The Balaban J connectivity index is 2.00. The van der Waals surface area contributed by atoms with E-state index >= 15 is 4.39 Å². The molecule has 0 aliphatic heterocycles. The molecule has 8 heteroatoms. The Kier molecular flexibility index (Phi) is 4.70. The van der Waals surface area contributed by atoms with Crippen LogP contribution in [-0.4, -0.2) is 35.2 Å². The number of hydrogen-bond donors (Lipinski definition) is 4. The van der Waals surface area contributed by atoms with Crippen LogP contribution in [-0.2, 0) is 5.79 Å². The molecule has 0 spiro atoms. The Hall–Kier alpha value is -3.41. The molecule has 2 heterocycles. The lowest BCUT2D eigenvalue weighted by Crippen LogP contribution is -2.43. The van der Waals surface area contributed by atoms with Crippen LogP contribution in [0.5, 0.6) is 5.75 Å². The highest BCUT2D eigenvalue weighted by molar-refractivity contribution is 5.89. The Morgan fingerprint density at radius 1 is 1.34 bits per heavy atom. The van der Waals surface area contributed by atoms with E-state index in [0.29, 0.717) is 33.3 Å². The first-order chi connectivity index (χ1) is 14.0. The number of H-pyrrole nitrogens is 2. The summed E-state index contributed by atoms with van der Waals surface area (Å²) in [4.78, 5) is 10.7. The monoisotopic (exact) mass is 392 g/mol. The molecule has 2 aromatic heterocycles. The number of aryl methyl sites for hydroxylation is 1. The highest BCUT2D eigenvalue weighted by Gasteiger charge is 2.41. The van der Waals surface area contributed by atoms with Crippen LogP contribution in [0.4, 0.5) is 4.39 Å². The van der Waals surface area contributed by atoms with Crippen LogP contribution in [0.15, 0.2) is 36.5 Å². The number of benzene rings is 2. The molecule has 0 saturated carbocycles.